The summed E-state index contributed by atoms with van der Waals surface area (Å²) in [5.74, 6) is 0.120. The molecule has 0 bridgehead atoms. The van der Waals surface area contributed by atoms with Gasteiger partial charge in [0.25, 0.3) is 0 Å². The molecule has 0 saturated heterocycles. The first kappa shape index (κ1) is 14.0. The van der Waals surface area contributed by atoms with E-state index in [-0.39, 0.29) is 11.6 Å². The zero-order valence-corrected chi connectivity index (χ0v) is 11.9. The molecule has 2 rings (SSSR count). The molecule has 0 atom stereocenters. The van der Waals surface area contributed by atoms with E-state index >= 15 is 0 Å². The quantitative estimate of drug-likeness (QED) is 0.789. The Kier molecular flexibility index (Phi) is 3.99. The summed E-state index contributed by atoms with van der Waals surface area (Å²) < 4.78 is 0. The standard InChI is InChI=1S/C17H17NO2/c1-12(19)14-4-8-16(9-5-14)18(3)17-10-6-15(7-11-17)13(2)20/h4-11H,1-3H3. The number of carbonyl (C=O) groups is 2. The topological polar surface area (TPSA) is 37.4 Å². The number of benzene rings is 2. The van der Waals surface area contributed by atoms with Gasteiger partial charge >= 0.3 is 0 Å². The summed E-state index contributed by atoms with van der Waals surface area (Å²) in [6.45, 7) is 3.11. The second-order valence-corrected chi connectivity index (χ2v) is 4.77. The number of carbonyl (C=O) groups excluding carboxylic acids is 2. The van der Waals surface area contributed by atoms with Crippen molar-refractivity contribution in [2.24, 2.45) is 0 Å². The molecule has 3 heteroatoms. The zero-order valence-electron chi connectivity index (χ0n) is 11.9. The maximum absolute atomic E-state index is 11.3. The lowest BCUT2D eigenvalue weighted by Crippen LogP contribution is -2.09. The Labute approximate surface area is 118 Å². The van der Waals surface area contributed by atoms with Crippen molar-refractivity contribution >= 4 is 22.9 Å². The summed E-state index contributed by atoms with van der Waals surface area (Å²) in [6, 6.07) is 14.9. The van der Waals surface area contributed by atoms with Crippen LogP contribution in [0, 0.1) is 0 Å². The van der Waals surface area contributed by atoms with E-state index in [0.29, 0.717) is 11.1 Å². The van der Waals surface area contributed by atoms with E-state index in [4.69, 9.17) is 0 Å². The van der Waals surface area contributed by atoms with E-state index in [2.05, 4.69) is 0 Å². The summed E-state index contributed by atoms with van der Waals surface area (Å²) in [5, 5.41) is 0. The summed E-state index contributed by atoms with van der Waals surface area (Å²) in [6.07, 6.45) is 0. The van der Waals surface area contributed by atoms with Gasteiger partial charge in [-0.2, -0.15) is 0 Å². The molecule has 0 amide bonds. The first-order chi connectivity index (χ1) is 9.49. The zero-order chi connectivity index (χ0) is 14.7. The Morgan fingerprint density at radius 3 is 1.25 bits per heavy atom. The van der Waals surface area contributed by atoms with Crippen LogP contribution < -0.4 is 4.90 Å². The fourth-order valence-electron chi connectivity index (χ4n) is 1.99. The molecule has 0 radical (unpaired) electrons. The lowest BCUT2D eigenvalue weighted by molar-refractivity contribution is 0.100. The maximum Gasteiger partial charge on any atom is 0.159 e. The second-order valence-electron chi connectivity index (χ2n) is 4.77. The smallest absolute Gasteiger partial charge is 0.159 e. The van der Waals surface area contributed by atoms with Crippen molar-refractivity contribution in [2.45, 2.75) is 13.8 Å². The van der Waals surface area contributed by atoms with Gasteiger partial charge in [-0.25, -0.2) is 0 Å². The van der Waals surface area contributed by atoms with Gasteiger partial charge < -0.3 is 4.90 Å². The average Bonchev–Trinajstić information content (AvgIpc) is 2.46. The molecule has 0 aliphatic rings. The Hall–Kier alpha value is -2.42. The molecule has 3 nitrogen and oxygen atoms in total. The third-order valence-corrected chi connectivity index (χ3v) is 3.32. The van der Waals surface area contributed by atoms with Crippen LogP contribution in [0.4, 0.5) is 11.4 Å². The van der Waals surface area contributed by atoms with Crippen molar-refractivity contribution in [1.29, 1.82) is 0 Å². The van der Waals surface area contributed by atoms with Crippen LogP contribution in [0.3, 0.4) is 0 Å². The summed E-state index contributed by atoms with van der Waals surface area (Å²) >= 11 is 0. The lowest BCUT2D eigenvalue weighted by Gasteiger charge is -2.20. The molecule has 0 aliphatic carbocycles. The van der Waals surface area contributed by atoms with Crippen LogP contribution in [0.15, 0.2) is 48.5 Å². The highest BCUT2D eigenvalue weighted by atomic mass is 16.1. The molecule has 102 valence electrons. The van der Waals surface area contributed by atoms with Crippen molar-refractivity contribution in [3.05, 3.63) is 59.7 Å². The molecule has 20 heavy (non-hydrogen) atoms. The minimum atomic E-state index is 0.0602. The highest BCUT2D eigenvalue weighted by Gasteiger charge is 2.06. The first-order valence-electron chi connectivity index (χ1n) is 6.45. The maximum atomic E-state index is 11.3. The van der Waals surface area contributed by atoms with E-state index in [0.717, 1.165) is 11.4 Å². The molecular formula is C17H17NO2. The van der Waals surface area contributed by atoms with Crippen LogP contribution in [-0.2, 0) is 0 Å². The van der Waals surface area contributed by atoms with Crippen molar-refractivity contribution in [3.8, 4) is 0 Å². The fourth-order valence-corrected chi connectivity index (χ4v) is 1.99. The molecule has 0 N–H and O–H groups in total. The van der Waals surface area contributed by atoms with Crippen LogP contribution in [0.1, 0.15) is 34.6 Å². The van der Waals surface area contributed by atoms with Crippen LogP contribution in [0.25, 0.3) is 0 Å². The minimum Gasteiger partial charge on any atom is -0.345 e. The average molecular weight is 267 g/mol. The van der Waals surface area contributed by atoms with Crippen molar-refractivity contribution < 1.29 is 9.59 Å². The van der Waals surface area contributed by atoms with Crippen molar-refractivity contribution in [3.63, 3.8) is 0 Å². The van der Waals surface area contributed by atoms with Crippen LogP contribution in [0.5, 0.6) is 0 Å². The molecule has 0 unspecified atom stereocenters. The van der Waals surface area contributed by atoms with Crippen LogP contribution in [0.2, 0.25) is 0 Å². The summed E-state index contributed by atoms with van der Waals surface area (Å²) in [5.41, 5.74) is 3.39. The van der Waals surface area contributed by atoms with Gasteiger partial charge in [-0.15, -0.1) is 0 Å². The predicted molar refractivity (Wildman–Crippen MR) is 81.0 cm³/mol. The molecule has 0 spiro atoms. The van der Waals surface area contributed by atoms with Gasteiger partial charge in [-0.3, -0.25) is 9.59 Å². The van der Waals surface area contributed by atoms with Gasteiger partial charge in [0.15, 0.2) is 11.6 Å². The number of ketones is 2. The lowest BCUT2D eigenvalue weighted by atomic mass is 10.1. The number of hydrogen-bond donors (Lipinski definition) is 0. The highest BCUT2D eigenvalue weighted by molar-refractivity contribution is 5.95. The number of nitrogens with zero attached hydrogens (tertiary/aromatic N) is 1. The third kappa shape index (κ3) is 2.94. The van der Waals surface area contributed by atoms with Gasteiger partial charge in [-0.1, -0.05) is 0 Å². The van der Waals surface area contributed by atoms with Gasteiger partial charge in [0.1, 0.15) is 0 Å². The van der Waals surface area contributed by atoms with E-state index in [1.165, 1.54) is 0 Å². The largest absolute Gasteiger partial charge is 0.345 e. The highest BCUT2D eigenvalue weighted by Crippen LogP contribution is 2.24. The Morgan fingerprint density at radius 1 is 0.700 bits per heavy atom. The summed E-state index contributed by atoms with van der Waals surface area (Å²) in [4.78, 5) is 24.5. The monoisotopic (exact) mass is 267 g/mol. The molecule has 0 saturated carbocycles. The number of Topliss-reactive ketones (excluding diaryl/α,β-unsaturated/α-hetero) is 2. The fraction of sp³-hybridized carbons (Fsp3) is 0.176. The normalized spacial score (nSPS) is 10.2. The molecule has 0 aromatic heterocycles. The molecule has 2 aromatic carbocycles. The Morgan fingerprint density at radius 2 is 1.00 bits per heavy atom. The van der Waals surface area contributed by atoms with E-state index in [1.54, 1.807) is 13.8 Å². The van der Waals surface area contributed by atoms with E-state index in [1.807, 2.05) is 60.5 Å². The first-order valence-corrected chi connectivity index (χ1v) is 6.45. The van der Waals surface area contributed by atoms with Crippen molar-refractivity contribution in [2.75, 3.05) is 11.9 Å². The van der Waals surface area contributed by atoms with E-state index in [9.17, 15) is 9.59 Å². The predicted octanol–water partition coefficient (Wildman–Crippen LogP) is 3.86. The number of anilines is 2. The van der Waals surface area contributed by atoms with Crippen LogP contribution in [-0.4, -0.2) is 18.6 Å². The third-order valence-electron chi connectivity index (χ3n) is 3.32. The van der Waals surface area contributed by atoms with Gasteiger partial charge in [0, 0.05) is 29.5 Å². The Balaban J connectivity index is 2.24. The second kappa shape index (κ2) is 5.70. The summed E-state index contributed by atoms with van der Waals surface area (Å²) in [7, 11) is 1.95. The molecule has 0 fully saturated rings. The number of hydrogen-bond acceptors (Lipinski definition) is 3. The van der Waals surface area contributed by atoms with Crippen molar-refractivity contribution in [1.82, 2.24) is 0 Å². The Bertz CT molecular complexity index is 570. The minimum absolute atomic E-state index is 0.0602. The SMILES string of the molecule is CC(=O)c1ccc(N(C)c2ccc(C(C)=O)cc2)cc1. The van der Waals surface area contributed by atoms with E-state index < -0.39 is 0 Å². The van der Waals surface area contributed by atoms with Gasteiger partial charge in [0.05, 0.1) is 0 Å². The molecule has 0 heterocycles. The van der Waals surface area contributed by atoms with Gasteiger partial charge in [0.2, 0.25) is 0 Å². The number of rotatable bonds is 4. The van der Waals surface area contributed by atoms with Crippen LogP contribution >= 0.6 is 0 Å². The molecule has 2 aromatic rings. The molecular weight excluding hydrogens is 250 g/mol. The van der Waals surface area contributed by atoms with Gasteiger partial charge in [-0.05, 0) is 62.4 Å². The molecule has 0 aliphatic heterocycles.